The number of thioether (sulfide) groups is 1. The van der Waals surface area contributed by atoms with Crippen LogP contribution in [0.25, 0.3) is 0 Å². The molecule has 1 amide bonds. The molecule has 6 heteroatoms. The van der Waals surface area contributed by atoms with E-state index in [0.29, 0.717) is 0 Å². The van der Waals surface area contributed by atoms with E-state index in [1.54, 1.807) is 18.0 Å². The maximum atomic E-state index is 12.3. The predicted molar refractivity (Wildman–Crippen MR) is 97.0 cm³/mol. The Kier molecular flexibility index (Phi) is 5.93. The van der Waals surface area contributed by atoms with Gasteiger partial charge in [-0.2, -0.15) is 5.10 Å². The number of nitrogens with one attached hydrogen (secondary N) is 1. The Morgan fingerprint density at radius 3 is 3.04 bits per heavy atom. The standard InChI is InChI=1S/C18H23N3O2S/c1-14(24-13-15-6-3-2-4-7-15)18(22)20-16-10-19-21(11-16)12-17-8-5-9-23-17/h2-4,6-7,10-11,14,17H,5,8-9,12-13H2,1H3,(H,20,22)/t14-,17-/m1/s1. The molecule has 3 rings (SSSR count). The summed E-state index contributed by atoms with van der Waals surface area (Å²) in [5, 5.41) is 7.12. The Labute approximate surface area is 146 Å². The molecule has 2 heterocycles. The fourth-order valence-corrected chi connectivity index (χ4v) is 3.49. The van der Waals surface area contributed by atoms with Crippen molar-refractivity contribution >= 4 is 23.4 Å². The summed E-state index contributed by atoms with van der Waals surface area (Å²) in [5.41, 5.74) is 1.97. The van der Waals surface area contributed by atoms with Crippen LogP contribution in [0.15, 0.2) is 42.7 Å². The second-order valence-corrected chi connectivity index (χ2v) is 7.34. The highest BCUT2D eigenvalue weighted by atomic mass is 32.2. The minimum Gasteiger partial charge on any atom is -0.376 e. The van der Waals surface area contributed by atoms with Gasteiger partial charge in [0.1, 0.15) is 0 Å². The lowest BCUT2D eigenvalue weighted by Crippen LogP contribution is -2.22. The van der Waals surface area contributed by atoms with E-state index in [0.717, 1.165) is 37.4 Å². The van der Waals surface area contributed by atoms with Crippen LogP contribution >= 0.6 is 11.8 Å². The van der Waals surface area contributed by atoms with Crippen molar-refractivity contribution in [3.8, 4) is 0 Å². The van der Waals surface area contributed by atoms with E-state index in [1.165, 1.54) is 5.56 Å². The Balaban J connectivity index is 1.46. The van der Waals surface area contributed by atoms with Crippen LogP contribution in [0, 0.1) is 0 Å². The van der Waals surface area contributed by atoms with Crippen LogP contribution in [-0.4, -0.2) is 33.6 Å². The van der Waals surface area contributed by atoms with Crippen LogP contribution in [0.1, 0.15) is 25.3 Å². The zero-order chi connectivity index (χ0) is 16.8. The van der Waals surface area contributed by atoms with E-state index in [9.17, 15) is 4.79 Å². The van der Waals surface area contributed by atoms with E-state index in [2.05, 4.69) is 22.5 Å². The zero-order valence-electron chi connectivity index (χ0n) is 13.9. The molecule has 2 atom stereocenters. The minimum absolute atomic E-state index is 0.00703. The number of nitrogens with zero attached hydrogens (tertiary/aromatic N) is 2. The van der Waals surface area contributed by atoms with Crippen LogP contribution < -0.4 is 5.32 Å². The molecule has 1 saturated heterocycles. The van der Waals surface area contributed by atoms with Crippen LogP contribution in [0.5, 0.6) is 0 Å². The third kappa shape index (κ3) is 4.85. The quantitative estimate of drug-likeness (QED) is 0.836. The first-order valence-electron chi connectivity index (χ1n) is 8.31. The number of ether oxygens (including phenoxy) is 1. The molecule has 1 aromatic carbocycles. The van der Waals surface area contributed by atoms with Crippen molar-refractivity contribution in [2.75, 3.05) is 11.9 Å². The Bertz CT molecular complexity index is 653. The van der Waals surface area contributed by atoms with Crippen LogP contribution in [0.3, 0.4) is 0 Å². The number of carbonyl (C=O) groups is 1. The molecule has 0 radical (unpaired) electrons. The normalized spacial score (nSPS) is 18.5. The highest BCUT2D eigenvalue weighted by Gasteiger charge is 2.17. The summed E-state index contributed by atoms with van der Waals surface area (Å²) in [6.07, 6.45) is 6.00. The summed E-state index contributed by atoms with van der Waals surface area (Å²) in [5.74, 6) is 0.834. The number of amides is 1. The van der Waals surface area contributed by atoms with Crippen molar-refractivity contribution in [2.45, 2.75) is 43.4 Å². The molecule has 1 fully saturated rings. The molecule has 24 heavy (non-hydrogen) atoms. The second kappa shape index (κ2) is 8.35. The van der Waals surface area contributed by atoms with Crippen LogP contribution in [-0.2, 0) is 21.8 Å². The summed E-state index contributed by atoms with van der Waals surface area (Å²) >= 11 is 1.63. The van der Waals surface area contributed by atoms with Gasteiger partial charge in [-0.25, -0.2) is 0 Å². The fraction of sp³-hybridized carbons (Fsp3) is 0.444. The molecule has 1 aromatic heterocycles. The minimum atomic E-state index is -0.119. The first-order chi connectivity index (χ1) is 11.7. The highest BCUT2D eigenvalue weighted by molar-refractivity contribution is 7.99. The number of hydrogen-bond acceptors (Lipinski definition) is 4. The summed E-state index contributed by atoms with van der Waals surface area (Å²) in [7, 11) is 0. The number of anilines is 1. The van der Waals surface area contributed by atoms with Gasteiger partial charge >= 0.3 is 0 Å². The second-order valence-electron chi connectivity index (χ2n) is 6.01. The lowest BCUT2D eigenvalue weighted by Gasteiger charge is -2.11. The summed E-state index contributed by atoms with van der Waals surface area (Å²) in [6, 6.07) is 10.2. The van der Waals surface area contributed by atoms with E-state index in [-0.39, 0.29) is 17.3 Å². The maximum Gasteiger partial charge on any atom is 0.237 e. The average Bonchev–Trinajstić information content (AvgIpc) is 3.26. The van der Waals surface area contributed by atoms with E-state index < -0.39 is 0 Å². The molecular weight excluding hydrogens is 322 g/mol. The predicted octanol–water partition coefficient (Wildman–Crippen LogP) is 3.32. The third-order valence-electron chi connectivity index (χ3n) is 4.03. The number of benzene rings is 1. The van der Waals surface area contributed by atoms with Gasteiger partial charge in [0.2, 0.25) is 5.91 Å². The molecule has 0 bridgehead atoms. The highest BCUT2D eigenvalue weighted by Crippen LogP contribution is 2.19. The maximum absolute atomic E-state index is 12.3. The third-order valence-corrected chi connectivity index (χ3v) is 5.24. The van der Waals surface area contributed by atoms with Crippen LogP contribution in [0.2, 0.25) is 0 Å². The SMILES string of the molecule is C[C@@H](SCc1ccccc1)C(=O)Nc1cnn(C[C@H]2CCCO2)c1. The van der Waals surface area contributed by atoms with Crippen molar-refractivity contribution in [3.63, 3.8) is 0 Å². The molecule has 1 N–H and O–H groups in total. The fourth-order valence-electron chi connectivity index (χ4n) is 2.64. The molecule has 0 spiro atoms. The first kappa shape index (κ1) is 17.0. The van der Waals surface area contributed by atoms with Gasteiger partial charge in [-0.1, -0.05) is 30.3 Å². The zero-order valence-corrected chi connectivity index (χ0v) is 14.7. The van der Waals surface area contributed by atoms with Gasteiger partial charge in [0.05, 0.1) is 29.8 Å². The molecule has 128 valence electrons. The number of rotatable bonds is 7. The van der Waals surface area contributed by atoms with Gasteiger partial charge in [-0.05, 0) is 25.3 Å². The van der Waals surface area contributed by atoms with Gasteiger partial charge < -0.3 is 10.1 Å². The van der Waals surface area contributed by atoms with Gasteiger partial charge in [-0.15, -0.1) is 11.8 Å². The van der Waals surface area contributed by atoms with Gasteiger partial charge in [0.25, 0.3) is 0 Å². The van der Waals surface area contributed by atoms with Crippen molar-refractivity contribution in [3.05, 3.63) is 48.3 Å². The molecule has 1 aliphatic heterocycles. The lowest BCUT2D eigenvalue weighted by atomic mass is 10.2. The Morgan fingerprint density at radius 1 is 1.46 bits per heavy atom. The van der Waals surface area contributed by atoms with Gasteiger partial charge in [0, 0.05) is 18.6 Å². The topological polar surface area (TPSA) is 56.2 Å². The van der Waals surface area contributed by atoms with Crippen molar-refractivity contribution in [1.82, 2.24) is 9.78 Å². The summed E-state index contributed by atoms with van der Waals surface area (Å²) < 4.78 is 7.45. The number of carbonyl (C=O) groups excluding carboxylic acids is 1. The Hall–Kier alpha value is -1.79. The first-order valence-corrected chi connectivity index (χ1v) is 9.36. The molecular formula is C18H23N3O2S. The van der Waals surface area contributed by atoms with E-state index in [1.807, 2.05) is 36.0 Å². The van der Waals surface area contributed by atoms with Crippen molar-refractivity contribution in [1.29, 1.82) is 0 Å². The molecule has 5 nitrogen and oxygen atoms in total. The smallest absolute Gasteiger partial charge is 0.237 e. The average molecular weight is 345 g/mol. The van der Waals surface area contributed by atoms with Crippen molar-refractivity contribution in [2.24, 2.45) is 0 Å². The van der Waals surface area contributed by atoms with Crippen molar-refractivity contribution < 1.29 is 9.53 Å². The van der Waals surface area contributed by atoms with Gasteiger partial charge in [0.15, 0.2) is 0 Å². The molecule has 0 aliphatic carbocycles. The number of aromatic nitrogens is 2. The van der Waals surface area contributed by atoms with Gasteiger partial charge in [-0.3, -0.25) is 9.48 Å². The molecule has 0 unspecified atom stereocenters. The number of hydrogen-bond donors (Lipinski definition) is 1. The van der Waals surface area contributed by atoms with E-state index >= 15 is 0 Å². The van der Waals surface area contributed by atoms with E-state index in [4.69, 9.17) is 4.74 Å². The van der Waals surface area contributed by atoms with Crippen LogP contribution in [0.4, 0.5) is 5.69 Å². The monoisotopic (exact) mass is 345 g/mol. The molecule has 0 saturated carbocycles. The molecule has 2 aromatic rings. The summed E-state index contributed by atoms with van der Waals surface area (Å²) in [6.45, 7) is 3.51. The Morgan fingerprint density at radius 2 is 2.29 bits per heavy atom. The summed E-state index contributed by atoms with van der Waals surface area (Å²) in [4.78, 5) is 12.3. The molecule has 1 aliphatic rings. The largest absolute Gasteiger partial charge is 0.376 e. The lowest BCUT2D eigenvalue weighted by molar-refractivity contribution is -0.115.